The third kappa shape index (κ3) is 4.55. The summed E-state index contributed by atoms with van der Waals surface area (Å²) in [7, 11) is 1.79. The third-order valence-corrected chi connectivity index (χ3v) is 6.29. The Kier molecular flexibility index (Phi) is 6.48. The van der Waals surface area contributed by atoms with Crippen molar-refractivity contribution in [3.05, 3.63) is 76.3 Å². The molecule has 0 atom stereocenters. The van der Waals surface area contributed by atoms with E-state index in [0.717, 1.165) is 22.9 Å². The maximum atomic E-state index is 15.3. The number of aliphatic hydroxyl groups excluding tert-OH is 1. The molecular formula is C22H17Cl2FN4OS. The summed E-state index contributed by atoms with van der Waals surface area (Å²) < 4.78 is 18.3. The topological polar surface area (TPSA) is 70.1 Å². The van der Waals surface area contributed by atoms with Crippen LogP contribution in [0.3, 0.4) is 0 Å². The number of hydrogen-bond acceptors (Lipinski definition) is 6. The van der Waals surface area contributed by atoms with E-state index in [0.29, 0.717) is 37.4 Å². The molecule has 9 heteroatoms. The molecular weight excluding hydrogens is 458 g/mol. The standard InChI is InChI=1S/C22H17Cl2FN4OS/c1-26-20-8-18-13(10-28-20)5-12(9-27-18)16-3-2-4-17(22(16)25)29-31-19-7-15(23)6-14(11-30)21(19)24/h2-10,29-30H,11H2,1H3,(H,26,28). The minimum Gasteiger partial charge on any atom is -0.392 e. The predicted molar refractivity (Wildman–Crippen MR) is 126 cm³/mol. The first-order chi connectivity index (χ1) is 15.0. The Balaban J connectivity index is 1.63. The maximum absolute atomic E-state index is 15.3. The van der Waals surface area contributed by atoms with Crippen molar-refractivity contribution in [2.24, 2.45) is 0 Å². The van der Waals surface area contributed by atoms with Crippen molar-refractivity contribution >= 4 is 57.6 Å². The van der Waals surface area contributed by atoms with Crippen LogP contribution in [0.15, 0.2) is 59.8 Å². The van der Waals surface area contributed by atoms with Gasteiger partial charge in [0.05, 0.1) is 22.8 Å². The average Bonchev–Trinajstić information content (AvgIpc) is 2.79. The second kappa shape index (κ2) is 9.28. The van der Waals surface area contributed by atoms with Crippen LogP contribution in [0.5, 0.6) is 0 Å². The molecule has 0 saturated carbocycles. The summed E-state index contributed by atoms with van der Waals surface area (Å²) in [4.78, 5) is 9.32. The van der Waals surface area contributed by atoms with Crippen LogP contribution in [0, 0.1) is 5.82 Å². The number of aromatic nitrogens is 2. The van der Waals surface area contributed by atoms with Gasteiger partial charge in [-0.25, -0.2) is 9.37 Å². The van der Waals surface area contributed by atoms with Gasteiger partial charge in [0.2, 0.25) is 0 Å². The average molecular weight is 475 g/mol. The Morgan fingerprint density at radius 1 is 1.10 bits per heavy atom. The zero-order valence-electron chi connectivity index (χ0n) is 16.3. The van der Waals surface area contributed by atoms with Gasteiger partial charge in [-0.1, -0.05) is 35.3 Å². The molecule has 0 aliphatic heterocycles. The van der Waals surface area contributed by atoms with E-state index in [2.05, 4.69) is 20.0 Å². The van der Waals surface area contributed by atoms with Gasteiger partial charge in [0.25, 0.3) is 0 Å². The summed E-state index contributed by atoms with van der Waals surface area (Å²) in [5.74, 6) is 0.294. The Hall–Kier alpha value is -2.58. The van der Waals surface area contributed by atoms with E-state index in [1.807, 2.05) is 12.1 Å². The van der Waals surface area contributed by atoms with Crippen molar-refractivity contribution in [2.45, 2.75) is 11.5 Å². The molecule has 0 bridgehead atoms. The zero-order valence-corrected chi connectivity index (χ0v) is 18.6. The summed E-state index contributed by atoms with van der Waals surface area (Å²) in [6.07, 6.45) is 3.34. The van der Waals surface area contributed by atoms with Gasteiger partial charge in [-0.05, 0) is 41.8 Å². The molecule has 2 aromatic heterocycles. The lowest BCUT2D eigenvalue weighted by Crippen LogP contribution is -1.96. The number of benzene rings is 2. The molecule has 2 aromatic carbocycles. The smallest absolute Gasteiger partial charge is 0.154 e. The molecule has 158 valence electrons. The largest absolute Gasteiger partial charge is 0.392 e. The predicted octanol–water partition coefficient (Wildman–Crippen LogP) is 6.40. The summed E-state index contributed by atoms with van der Waals surface area (Å²) in [5, 5.41) is 14.0. The molecule has 3 N–H and O–H groups in total. The van der Waals surface area contributed by atoms with Crippen LogP contribution in [0.4, 0.5) is 15.9 Å². The van der Waals surface area contributed by atoms with Crippen molar-refractivity contribution < 1.29 is 9.50 Å². The van der Waals surface area contributed by atoms with Crippen LogP contribution < -0.4 is 10.0 Å². The van der Waals surface area contributed by atoms with Crippen LogP contribution in [0.1, 0.15) is 5.56 Å². The number of aliphatic hydroxyl groups is 1. The van der Waals surface area contributed by atoms with Gasteiger partial charge in [-0.3, -0.25) is 4.98 Å². The third-order valence-electron chi connectivity index (χ3n) is 4.65. The lowest BCUT2D eigenvalue weighted by Gasteiger charge is -2.13. The monoisotopic (exact) mass is 474 g/mol. The molecule has 0 radical (unpaired) electrons. The van der Waals surface area contributed by atoms with Crippen molar-refractivity contribution in [2.75, 3.05) is 17.1 Å². The number of halogens is 3. The van der Waals surface area contributed by atoms with E-state index < -0.39 is 5.82 Å². The molecule has 4 rings (SSSR count). The molecule has 0 unspecified atom stereocenters. The highest BCUT2D eigenvalue weighted by atomic mass is 35.5. The molecule has 0 saturated heterocycles. The van der Waals surface area contributed by atoms with Gasteiger partial charge in [-0.15, -0.1) is 0 Å². The Morgan fingerprint density at radius 3 is 2.71 bits per heavy atom. The number of rotatable bonds is 6. The summed E-state index contributed by atoms with van der Waals surface area (Å²) in [5.41, 5.74) is 2.60. The van der Waals surface area contributed by atoms with Gasteiger partial charge in [0.1, 0.15) is 5.82 Å². The number of pyridine rings is 2. The van der Waals surface area contributed by atoms with E-state index in [9.17, 15) is 5.11 Å². The summed E-state index contributed by atoms with van der Waals surface area (Å²) >= 11 is 13.5. The van der Waals surface area contributed by atoms with Gasteiger partial charge >= 0.3 is 0 Å². The quantitative estimate of drug-likeness (QED) is 0.281. The van der Waals surface area contributed by atoms with Crippen LogP contribution >= 0.6 is 35.1 Å². The lowest BCUT2D eigenvalue weighted by atomic mass is 10.0. The van der Waals surface area contributed by atoms with Gasteiger partial charge in [0, 0.05) is 51.9 Å². The normalized spacial score (nSPS) is 11.0. The number of nitrogens with one attached hydrogen (secondary N) is 2. The number of anilines is 2. The molecule has 4 aromatic rings. The fourth-order valence-corrected chi connectivity index (χ4v) is 4.43. The van der Waals surface area contributed by atoms with Crippen molar-refractivity contribution in [3.8, 4) is 11.1 Å². The van der Waals surface area contributed by atoms with Crippen molar-refractivity contribution in [1.29, 1.82) is 0 Å². The second-order valence-corrected chi connectivity index (χ2v) is 8.31. The molecule has 5 nitrogen and oxygen atoms in total. The van der Waals surface area contributed by atoms with E-state index in [-0.39, 0.29) is 12.3 Å². The van der Waals surface area contributed by atoms with Gasteiger partial charge in [0.15, 0.2) is 5.82 Å². The van der Waals surface area contributed by atoms with Crippen LogP contribution in [0.25, 0.3) is 22.0 Å². The molecule has 0 aliphatic rings. The first-order valence-corrected chi connectivity index (χ1v) is 10.8. The molecule has 31 heavy (non-hydrogen) atoms. The minimum atomic E-state index is -0.420. The van der Waals surface area contributed by atoms with Crippen LogP contribution in [-0.4, -0.2) is 22.1 Å². The SMILES string of the molecule is CNc1cc2ncc(-c3cccc(NSc4cc(Cl)cc(CO)c4Cl)c3F)cc2cn1. The Bertz CT molecular complexity index is 1270. The second-order valence-electron chi connectivity index (χ2n) is 6.64. The maximum Gasteiger partial charge on any atom is 0.154 e. The molecule has 2 heterocycles. The van der Waals surface area contributed by atoms with Crippen molar-refractivity contribution in [1.82, 2.24) is 9.97 Å². The fraction of sp³-hybridized carbons (Fsp3) is 0.0909. The molecule has 0 aliphatic carbocycles. The van der Waals surface area contributed by atoms with Crippen LogP contribution in [-0.2, 0) is 6.61 Å². The van der Waals surface area contributed by atoms with E-state index in [4.69, 9.17) is 23.2 Å². The van der Waals surface area contributed by atoms with E-state index in [1.165, 1.54) is 0 Å². The molecule has 0 fully saturated rings. The van der Waals surface area contributed by atoms with Gasteiger partial charge < -0.3 is 15.1 Å². The molecule has 0 amide bonds. The highest BCUT2D eigenvalue weighted by molar-refractivity contribution is 8.00. The highest BCUT2D eigenvalue weighted by Gasteiger charge is 2.14. The number of fused-ring (bicyclic) bond motifs is 1. The number of nitrogens with zero attached hydrogens (tertiary/aromatic N) is 2. The zero-order chi connectivity index (χ0) is 22.0. The van der Waals surface area contributed by atoms with E-state index in [1.54, 1.807) is 49.8 Å². The Labute approximate surface area is 192 Å². The number of hydrogen-bond donors (Lipinski definition) is 3. The Morgan fingerprint density at radius 2 is 1.94 bits per heavy atom. The van der Waals surface area contributed by atoms with Crippen molar-refractivity contribution in [3.63, 3.8) is 0 Å². The van der Waals surface area contributed by atoms with Crippen LogP contribution in [0.2, 0.25) is 10.0 Å². The summed E-state index contributed by atoms with van der Waals surface area (Å²) in [6.45, 7) is -0.240. The first-order valence-electron chi connectivity index (χ1n) is 9.24. The minimum absolute atomic E-state index is 0.240. The highest BCUT2D eigenvalue weighted by Crippen LogP contribution is 2.36. The van der Waals surface area contributed by atoms with E-state index >= 15 is 4.39 Å². The fourth-order valence-electron chi connectivity index (χ4n) is 3.06. The molecule has 0 spiro atoms. The summed E-state index contributed by atoms with van der Waals surface area (Å²) in [6, 6.07) is 12.0. The van der Waals surface area contributed by atoms with Gasteiger partial charge in [-0.2, -0.15) is 0 Å². The lowest BCUT2D eigenvalue weighted by molar-refractivity contribution is 0.281. The first kappa shape index (κ1) is 21.6.